The van der Waals surface area contributed by atoms with Crippen LogP contribution >= 0.6 is 0 Å². The lowest BCUT2D eigenvalue weighted by atomic mass is 10.3. The molecule has 1 rings (SSSR count). The fraction of sp³-hybridized carbons (Fsp3) is 0.500. The zero-order valence-electron chi connectivity index (χ0n) is 12.1. The molecule has 0 aliphatic heterocycles. The minimum atomic E-state index is -2.48. The Balaban J connectivity index is 2.43. The van der Waals surface area contributed by atoms with Gasteiger partial charge < -0.3 is 15.4 Å². The van der Waals surface area contributed by atoms with E-state index in [9.17, 15) is 13.2 Å². The summed E-state index contributed by atoms with van der Waals surface area (Å²) in [5.41, 5.74) is 0. The third-order valence-electron chi connectivity index (χ3n) is 2.44. The van der Waals surface area contributed by atoms with Crippen LogP contribution in [0, 0.1) is 5.82 Å². The summed E-state index contributed by atoms with van der Waals surface area (Å²) in [7, 11) is 0. The van der Waals surface area contributed by atoms with E-state index in [1.807, 2.05) is 13.8 Å². The Morgan fingerprint density at radius 2 is 1.90 bits per heavy atom. The fourth-order valence-corrected chi connectivity index (χ4v) is 1.53. The van der Waals surface area contributed by atoms with Crippen LogP contribution in [0.4, 0.5) is 13.2 Å². The molecule has 0 bridgehead atoms. The number of ether oxygens (including phenoxy) is 1. The summed E-state index contributed by atoms with van der Waals surface area (Å²) < 4.78 is 42.6. The lowest BCUT2D eigenvalue weighted by Gasteiger charge is -2.17. The molecular weight excluding hydrogens is 283 g/mol. The Kier molecular flexibility index (Phi) is 7.42. The van der Waals surface area contributed by atoms with E-state index in [1.54, 1.807) is 0 Å². The van der Waals surface area contributed by atoms with E-state index < -0.39 is 13.0 Å². The van der Waals surface area contributed by atoms with E-state index >= 15 is 0 Å². The van der Waals surface area contributed by atoms with Gasteiger partial charge in [-0.25, -0.2) is 18.2 Å². The summed E-state index contributed by atoms with van der Waals surface area (Å²) in [6.07, 6.45) is -2.71. The number of hydrogen-bond donors (Lipinski definition) is 2. The molecule has 1 atom stereocenters. The normalized spacial score (nSPS) is 13.1. The number of aliphatic imine (C=N–C) groups is 1. The van der Waals surface area contributed by atoms with Crippen molar-refractivity contribution in [3.8, 4) is 5.75 Å². The number of rotatable bonds is 7. The van der Waals surface area contributed by atoms with Gasteiger partial charge in [0.15, 0.2) is 5.96 Å². The predicted octanol–water partition coefficient (Wildman–Crippen LogP) is 2.41. The van der Waals surface area contributed by atoms with Crippen LogP contribution in [0.5, 0.6) is 5.75 Å². The molecule has 0 spiro atoms. The van der Waals surface area contributed by atoms with E-state index in [0.29, 0.717) is 24.8 Å². The zero-order chi connectivity index (χ0) is 15.7. The van der Waals surface area contributed by atoms with E-state index in [2.05, 4.69) is 15.6 Å². The van der Waals surface area contributed by atoms with Crippen LogP contribution in [0.2, 0.25) is 0 Å². The second-order valence-corrected chi connectivity index (χ2v) is 4.37. The minimum Gasteiger partial charge on any atom is -0.489 e. The smallest absolute Gasteiger partial charge is 0.257 e. The van der Waals surface area contributed by atoms with Crippen molar-refractivity contribution in [1.82, 2.24) is 10.6 Å². The van der Waals surface area contributed by atoms with Gasteiger partial charge in [0.05, 0.1) is 6.54 Å². The van der Waals surface area contributed by atoms with E-state index in [4.69, 9.17) is 4.74 Å². The van der Waals surface area contributed by atoms with E-state index in [1.165, 1.54) is 24.3 Å². The Morgan fingerprint density at radius 1 is 1.24 bits per heavy atom. The summed E-state index contributed by atoms with van der Waals surface area (Å²) in [6.45, 7) is 4.06. The molecule has 1 unspecified atom stereocenters. The first-order valence-electron chi connectivity index (χ1n) is 6.73. The van der Waals surface area contributed by atoms with Gasteiger partial charge >= 0.3 is 0 Å². The van der Waals surface area contributed by atoms with Gasteiger partial charge in [0.25, 0.3) is 6.43 Å². The number of alkyl halides is 2. The van der Waals surface area contributed by atoms with Crippen LogP contribution in [0.3, 0.4) is 0 Å². The molecule has 4 nitrogen and oxygen atoms in total. The van der Waals surface area contributed by atoms with Crippen molar-refractivity contribution in [1.29, 1.82) is 0 Å². The maximum Gasteiger partial charge on any atom is 0.257 e. The summed E-state index contributed by atoms with van der Waals surface area (Å²) in [5.74, 6) is 0.522. The molecule has 118 valence electrons. The average Bonchev–Trinajstić information content (AvgIpc) is 2.44. The van der Waals surface area contributed by atoms with Crippen LogP contribution in [0.1, 0.15) is 13.8 Å². The number of halogens is 3. The molecule has 0 amide bonds. The minimum absolute atomic E-state index is 0.231. The molecule has 0 saturated carbocycles. The lowest BCUT2D eigenvalue weighted by molar-refractivity contribution is 0.158. The van der Waals surface area contributed by atoms with Crippen molar-refractivity contribution in [3.63, 3.8) is 0 Å². The number of hydrogen-bond acceptors (Lipinski definition) is 2. The van der Waals surface area contributed by atoms with Crippen LogP contribution in [0.25, 0.3) is 0 Å². The number of benzene rings is 1. The van der Waals surface area contributed by atoms with Gasteiger partial charge in [0.1, 0.15) is 24.2 Å². The third kappa shape index (κ3) is 7.43. The quantitative estimate of drug-likeness (QED) is 0.600. The summed E-state index contributed by atoms with van der Waals surface area (Å²) in [6, 6.07) is 5.68. The molecular formula is C14H20F3N3O. The summed E-state index contributed by atoms with van der Waals surface area (Å²) >= 11 is 0. The van der Waals surface area contributed by atoms with Gasteiger partial charge in [0.2, 0.25) is 0 Å². The average molecular weight is 303 g/mol. The molecule has 0 saturated heterocycles. The topological polar surface area (TPSA) is 45.7 Å². The van der Waals surface area contributed by atoms with Gasteiger partial charge in [-0.3, -0.25) is 0 Å². The Hall–Kier alpha value is -1.92. The van der Waals surface area contributed by atoms with Gasteiger partial charge in [0, 0.05) is 6.54 Å². The van der Waals surface area contributed by atoms with Gasteiger partial charge in [-0.2, -0.15) is 0 Å². The maximum atomic E-state index is 12.8. The molecule has 2 N–H and O–H groups in total. The highest BCUT2D eigenvalue weighted by atomic mass is 19.3. The first kappa shape index (κ1) is 17.1. The highest BCUT2D eigenvalue weighted by Gasteiger charge is 2.07. The summed E-state index contributed by atoms with van der Waals surface area (Å²) in [4.78, 5) is 3.74. The highest BCUT2D eigenvalue weighted by molar-refractivity contribution is 5.79. The van der Waals surface area contributed by atoms with E-state index in [-0.39, 0.29) is 11.9 Å². The lowest BCUT2D eigenvalue weighted by Crippen LogP contribution is -2.42. The second-order valence-electron chi connectivity index (χ2n) is 4.37. The monoisotopic (exact) mass is 303 g/mol. The van der Waals surface area contributed by atoms with E-state index in [0.717, 1.165) is 0 Å². The van der Waals surface area contributed by atoms with Crippen molar-refractivity contribution in [3.05, 3.63) is 30.1 Å². The van der Waals surface area contributed by atoms with Crippen LogP contribution in [0.15, 0.2) is 29.3 Å². The second kappa shape index (κ2) is 9.10. The van der Waals surface area contributed by atoms with Crippen molar-refractivity contribution in [2.45, 2.75) is 26.4 Å². The molecule has 0 aliphatic carbocycles. The Labute approximate surface area is 122 Å². The van der Waals surface area contributed by atoms with Gasteiger partial charge in [-0.15, -0.1) is 0 Å². The van der Waals surface area contributed by atoms with Crippen molar-refractivity contribution >= 4 is 5.96 Å². The maximum absolute atomic E-state index is 12.8. The fourth-order valence-electron chi connectivity index (χ4n) is 1.53. The first-order valence-corrected chi connectivity index (χ1v) is 6.73. The number of nitrogens with one attached hydrogen (secondary N) is 2. The molecule has 7 heteroatoms. The SMILES string of the molecule is CCNC(=NCC(F)F)NCC(C)Oc1ccc(F)cc1. The standard InChI is InChI=1S/C14H20F3N3O/c1-3-18-14(20-9-13(16)17)19-8-10(2)21-12-6-4-11(15)5-7-12/h4-7,10,13H,3,8-9H2,1-2H3,(H2,18,19,20). The largest absolute Gasteiger partial charge is 0.489 e. The zero-order valence-corrected chi connectivity index (χ0v) is 12.1. The number of guanidine groups is 1. The molecule has 0 heterocycles. The molecule has 0 radical (unpaired) electrons. The van der Waals surface area contributed by atoms with Crippen molar-refractivity contribution in [2.24, 2.45) is 4.99 Å². The van der Waals surface area contributed by atoms with Crippen LogP contribution in [-0.2, 0) is 0 Å². The van der Waals surface area contributed by atoms with Crippen molar-refractivity contribution < 1.29 is 17.9 Å². The van der Waals surface area contributed by atoms with Crippen molar-refractivity contribution in [2.75, 3.05) is 19.6 Å². The van der Waals surface area contributed by atoms with Crippen LogP contribution in [-0.4, -0.2) is 38.1 Å². The Morgan fingerprint density at radius 3 is 2.48 bits per heavy atom. The molecule has 0 aromatic heterocycles. The molecule has 1 aromatic rings. The molecule has 21 heavy (non-hydrogen) atoms. The number of nitrogens with zero attached hydrogens (tertiary/aromatic N) is 1. The van der Waals surface area contributed by atoms with Gasteiger partial charge in [-0.1, -0.05) is 0 Å². The third-order valence-corrected chi connectivity index (χ3v) is 2.44. The molecule has 0 fully saturated rings. The first-order chi connectivity index (χ1) is 10.0. The van der Waals surface area contributed by atoms with Crippen LogP contribution < -0.4 is 15.4 Å². The molecule has 1 aromatic carbocycles. The molecule has 0 aliphatic rings. The Bertz CT molecular complexity index is 438. The van der Waals surface area contributed by atoms with Gasteiger partial charge in [-0.05, 0) is 38.1 Å². The predicted molar refractivity (Wildman–Crippen MR) is 76.5 cm³/mol. The summed E-state index contributed by atoms with van der Waals surface area (Å²) in [5, 5.41) is 5.78. The highest BCUT2D eigenvalue weighted by Crippen LogP contribution is 2.12.